The molecule has 4 aromatic heterocycles. The number of phosphoric acid groups is 1. The van der Waals surface area contributed by atoms with Gasteiger partial charge in [0, 0.05) is 65.4 Å². The molecule has 276 valence electrons. The largest absolute Gasteiger partial charge is 0.469 e. The molecule has 51 heavy (non-hydrogen) atoms. The second-order valence-corrected chi connectivity index (χ2v) is 13.0. The van der Waals surface area contributed by atoms with E-state index in [2.05, 4.69) is 29.0 Å². The zero-order valence-electron chi connectivity index (χ0n) is 26.5. The van der Waals surface area contributed by atoms with Gasteiger partial charge >= 0.3 is 27.4 Å². The molecule has 0 amide bonds. The average molecular weight is 918 g/mol. The maximum Gasteiger partial charge on any atom is 0.469 e. The first-order valence-electron chi connectivity index (χ1n) is 14.0. The number of nitrogens with two attached hydrogens (primary N) is 2. The van der Waals surface area contributed by atoms with E-state index < -0.39 is 82.9 Å². The molecule has 2 aliphatic heterocycles. The fourth-order valence-electron chi connectivity index (χ4n) is 5.43. The third kappa shape index (κ3) is 9.43. The quantitative estimate of drug-likeness (QED) is 0.0579. The van der Waals surface area contributed by atoms with Crippen LogP contribution >= 0.6 is 16.1 Å². The van der Waals surface area contributed by atoms with Gasteiger partial charge in [-0.25, -0.2) is 13.7 Å². The van der Waals surface area contributed by atoms with Gasteiger partial charge in [-0.05, 0) is 0 Å². The normalized spacial score (nSPS) is 26.8. The molecule has 25 nitrogen and oxygen atoms in total. The first-order valence-corrected chi connectivity index (χ1v) is 16.8. The van der Waals surface area contributed by atoms with E-state index in [1.165, 1.54) is 30.9 Å². The fraction of sp³-hybridized carbons (Fsp3) is 0.545. The van der Waals surface area contributed by atoms with Crippen molar-refractivity contribution in [2.24, 2.45) is 14.1 Å². The summed E-state index contributed by atoms with van der Waals surface area (Å²) >= 11 is 0. The Labute approximate surface area is 335 Å². The van der Waals surface area contributed by atoms with Crippen LogP contribution in [0.1, 0.15) is 12.5 Å². The summed E-state index contributed by atoms with van der Waals surface area (Å²) in [5.41, 5.74) is 10.8. The Morgan fingerprint density at radius 1 is 0.843 bits per heavy atom. The summed E-state index contributed by atoms with van der Waals surface area (Å²) in [6.07, 6.45) is -7.23. The smallest absolute Gasteiger partial charge is 0.387 e. The first-order chi connectivity index (χ1) is 22.9. The van der Waals surface area contributed by atoms with E-state index in [0.717, 1.165) is 0 Å². The molecule has 0 aromatic carbocycles. The van der Waals surface area contributed by atoms with Gasteiger partial charge in [0.05, 0.1) is 27.3 Å². The third-order valence-corrected chi connectivity index (χ3v) is 8.48. The summed E-state index contributed by atoms with van der Waals surface area (Å²) in [6.45, 7) is -1.01. The molecule has 3 unspecified atom stereocenters. The number of fused-ring (bicyclic) bond motifs is 2. The van der Waals surface area contributed by atoms with Crippen molar-refractivity contribution < 1.29 is 137 Å². The predicted octanol–water partition coefficient (Wildman–Crippen LogP) is -6.00. The van der Waals surface area contributed by atoms with Gasteiger partial charge in [0.25, 0.3) is 23.0 Å². The maximum atomic E-state index is 12.0. The molecule has 29 heteroatoms. The van der Waals surface area contributed by atoms with Crippen LogP contribution in [0.2, 0.25) is 0 Å². The van der Waals surface area contributed by atoms with Crippen molar-refractivity contribution in [3.8, 4) is 0 Å². The molecule has 4 aromatic rings. The Kier molecular flexibility index (Phi) is 14.9. The van der Waals surface area contributed by atoms with E-state index in [0.29, 0.717) is 0 Å². The van der Waals surface area contributed by atoms with Crippen LogP contribution < -0.4 is 31.7 Å². The predicted molar refractivity (Wildman–Crippen MR) is 159 cm³/mol. The number of hydrogen-bond acceptors (Lipinski definition) is 16. The van der Waals surface area contributed by atoms with Crippen LogP contribution in [0.5, 0.6) is 0 Å². The Morgan fingerprint density at radius 3 is 1.61 bits per heavy atom. The van der Waals surface area contributed by atoms with E-state index in [4.69, 9.17) is 35.6 Å². The van der Waals surface area contributed by atoms with Crippen molar-refractivity contribution in [3.05, 3.63) is 33.4 Å². The van der Waals surface area contributed by atoms with Gasteiger partial charge in [-0.2, -0.15) is 0 Å². The van der Waals surface area contributed by atoms with Crippen molar-refractivity contribution in [1.29, 1.82) is 0 Å². The minimum atomic E-state index is -4.76. The average Bonchev–Trinajstić information content (AvgIpc) is 3.68. The number of hydrogen-bond donors (Lipinski definition) is 11. The number of anilines is 2. The number of H-pyrrole nitrogens is 2. The molecular weight excluding hydrogens is 884 g/mol. The van der Waals surface area contributed by atoms with Gasteiger partial charge in [0.1, 0.15) is 36.6 Å². The molecular formula is C22H34N10O15P2Y2+2. The van der Waals surface area contributed by atoms with E-state index in [1.807, 2.05) is 0 Å². The number of phosphoric ester groups is 1. The van der Waals surface area contributed by atoms with Crippen molar-refractivity contribution in [2.45, 2.75) is 49.1 Å². The molecule has 0 spiro atoms. The summed E-state index contributed by atoms with van der Waals surface area (Å²) in [4.78, 5) is 62.9. The molecule has 2 saturated heterocycles. The molecule has 13 N–H and O–H groups in total. The van der Waals surface area contributed by atoms with Gasteiger partial charge in [-0.15, -0.1) is 0 Å². The van der Waals surface area contributed by atoms with Crippen LogP contribution in [-0.2, 0) is 107 Å². The van der Waals surface area contributed by atoms with Gasteiger partial charge < -0.3 is 60.6 Å². The van der Waals surface area contributed by atoms with E-state index in [1.54, 1.807) is 14.1 Å². The van der Waals surface area contributed by atoms with E-state index in [9.17, 15) is 39.1 Å². The molecule has 0 aliphatic carbocycles. The number of nitrogen functional groups attached to an aromatic ring is 2. The van der Waals surface area contributed by atoms with Gasteiger partial charge in [0.2, 0.25) is 23.5 Å². The van der Waals surface area contributed by atoms with E-state index >= 15 is 0 Å². The number of nitrogens with one attached hydrogen (secondary N) is 2. The van der Waals surface area contributed by atoms with Crippen LogP contribution in [0, 0.1) is 0 Å². The second kappa shape index (κ2) is 17.3. The number of rotatable bonds is 8. The van der Waals surface area contributed by atoms with Crippen LogP contribution in [-0.4, -0.2) is 114 Å². The number of aliphatic hydroxyl groups excluding tert-OH is 4. The standard InChI is InChI=1S/C11H16N5O8P.C11H16N5O7P.2Y/c1-15-3-16(8-5(15)9(19)14-11(12)13-8)10-7(18)6(17)4(24-10)2-23-25(20,21)22;1-15-3-16(8-5(15)9(19)14-11(12)13-8)10-7(18)6(17)4(23-10)2-22-24(20)21;;/h3-4,6-7,10,17-18H,2H2,1H3,(H4-,12,13,14,19,20,21,22);3-4,6-7,10,17-18,24H,2H2,1H3,(H3-,12,13,14,19,20,21);;/p+2/t2*4-,6-,7-,10?;;/m11../s1. The van der Waals surface area contributed by atoms with Crippen molar-refractivity contribution in [3.63, 3.8) is 0 Å². The number of aryl methyl sites for hydroxylation is 2. The molecule has 6 heterocycles. The minimum Gasteiger partial charge on any atom is -0.387 e. The number of ether oxygens (including phenoxy) is 2. The van der Waals surface area contributed by atoms with E-state index in [-0.39, 0.29) is 106 Å². The molecule has 2 radical (unpaired) electrons. The molecule has 2 aliphatic rings. The third-order valence-electron chi connectivity index (χ3n) is 7.58. The summed E-state index contributed by atoms with van der Waals surface area (Å²) in [5.74, 6) is -0.258. The first kappa shape index (κ1) is 43.9. The van der Waals surface area contributed by atoms with Gasteiger partial charge in [0.15, 0.2) is 12.7 Å². The number of aliphatic hydroxyl groups is 4. The van der Waals surface area contributed by atoms with Crippen LogP contribution in [0.15, 0.2) is 22.2 Å². The Morgan fingerprint density at radius 2 is 1.24 bits per heavy atom. The number of nitrogens with zero attached hydrogens (tertiary/aromatic N) is 6. The summed E-state index contributed by atoms with van der Waals surface area (Å²) in [6, 6.07) is 0. The van der Waals surface area contributed by atoms with Crippen LogP contribution in [0.3, 0.4) is 0 Å². The number of imidazole rings is 2. The van der Waals surface area contributed by atoms with Gasteiger partial charge in [-0.3, -0.25) is 37.8 Å². The minimum absolute atomic E-state index is 0. The Hall–Kier alpha value is -1.47. The van der Waals surface area contributed by atoms with Crippen molar-refractivity contribution >= 4 is 50.3 Å². The monoisotopic (exact) mass is 918 g/mol. The Bertz CT molecular complexity index is 2060. The number of aromatic amines is 2. The second-order valence-electron chi connectivity index (χ2n) is 11.0. The van der Waals surface area contributed by atoms with Crippen LogP contribution in [0.4, 0.5) is 11.9 Å². The number of aromatic nitrogens is 8. The van der Waals surface area contributed by atoms with Crippen LogP contribution in [0.25, 0.3) is 22.3 Å². The zero-order chi connectivity index (χ0) is 36.1. The summed E-state index contributed by atoms with van der Waals surface area (Å²) in [7, 11) is -4.79. The van der Waals surface area contributed by atoms with Gasteiger partial charge in [-0.1, -0.05) is 9.97 Å². The Balaban J connectivity index is 0.000000265. The molecule has 6 rings (SSSR count). The summed E-state index contributed by atoms with van der Waals surface area (Å²) < 4.78 is 46.8. The molecule has 0 bridgehead atoms. The molecule has 0 saturated carbocycles. The molecule has 2 fully saturated rings. The fourth-order valence-corrected chi connectivity index (χ4v) is 6.08. The maximum absolute atomic E-state index is 12.0. The van der Waals surface area contributed by atoms with Crippen molar-refractivity contribution in [2.75, 3.05) is 24.7 Å². The summed E-state index contributed by atoms with van der Waals surface area (Å²) in [5, 5.41) is 40.5. The van der Waals surface area contributed by atoms with Crippen molar-refractivity contribution in [1.82, 2.24) is 29.1 Å². The molecule has 9 atom stereocenters. The topological polar surface area (TPSA) is 374 Å². The SMILES string of the molecule is Cn1c[n+](C2O[C@H](COP(=O)(O)O)[C@@H](O)[C@H]2O)c2nc(N)[nH]c(=O)c21.Cn1c[n+](C2O[C@H](CO[PH](=O)O)[C@@H](O)[C@H]2O)c2nc(N)[nH]c(=O)c21.[Y].[Y]. The zero-order valence-corrected chi connectivity index (χ0v) is 34.1.